The van der Waals surface area contributed by atoms with Gasteiger partial charge in [0.05, 0.1) is 11.7 Å². The first-order chi connectivity index (χ1) is 7.59. The number of hydrogen-bond acceptors (Lipinski definition) is 1. The number of benzene rings is 1. The zero-order valence-corrected chi connectivity index (χ0v) is 10.2. The van der Waals surface area contributed by atoms with Crippen molar-refractivity contribution in [1.82, 2.24) is 0 Å². The third-order valence-electron chi connectivity index (χ3n) is 2.40. The Bertz CT molecular complexity index is 377. The van der Waals surface area contributed by atoms with Crippen LogP contribution in [0.1, 0.15) is 44.4 Å². The SMILES string of the molecule is CC(C)(C)CC(O)c1cccc(C(F)(F)F)c1. The van der Waals surface area contributed by atoms with Crippen LogP contribution in [0.3, 0.4) is 0 Å². The zero-order chi connectivity index (χ0) is 13.3. The number of rotatable bonds is 2. The van der Waals surface area contributed by atoms with Gasteiger partial charge in [0.15, 0.2) is 0 Å². The summed E-state index contributed by atoms with van der Waals surface area (Å²) < 4.78 is 37.5. The van der Waals surface area contributed by atoms with Crippen LogP contribution in [0, 0.1) is 5.41 Å². The van der Waals surface area contributed by atoms with Gasteiger partial charge in [-0.1, -0.05) is 32.9 Å². The minimum absolute atomic E-state index is 0.131. The molecule has 1 aromatic carbocycles. The van der Waals surface area contributed by atoms with Crippen LogP contribution in [0.4, 0.5) is 13.2 Å². The average molecular weight is 246 g/mol. The minimum atomic E-state index is -4.36. The lowest BCUT2D eigenvalue weighted by Gasteiger charge is -2.23. The Hall–Kier alpha value is -1.03. The molecule has 0 aromatic heterocycles. The lowest BCUT2D eigenvalue weighted by atomic mass is 9.86. The number of aliphatic hydroxyl groups excluding tert-OH is 1. The van der Waals surface area contributed by atoms with Crippen molar-refractivity contribution in [2.75, 3.05) is 0 Å². The first kappa shape index (κ1) is 14.0. The third kappa shape index (κ3) is 4.38. The molecule has 0 aliphatic carbocycles. The van der Waals surface area contributed by atoms with Crippen LogP contribution in [-0.4, -0.2) is 5.11 Å². The molecule has 0 fully saturated rings. The number of alkyl halides is 3. The van der Waals surface area contributed by atoms with E-state index in [1.54, 1.807) is 0 Å². The highest BCUT2D eigenvalue weighted by Gasteiger charge is 2.31. The van der Waals surface area contributed by atoms with Gasteiger partial charge in [-0.2, -0.15) is 13.2 Å². The van der Waals surface area contributed by atoms with E-state index in [2.05, 4.69) is 0 Å². The second-order valence-corrected chi connectivity index (χ2v) is 5.40. The fraction of sp³-hybridized carbons (Fsp3) is 0.538. The largest absolute Gasteiger partial charge is 0.416 e. The summed E-state index contributed by atoms with van der Waals surface area (Å²) in [5, 5.41) is 9.88. The Morgan fingerprint density at radius 3 is 2.24 bits per heavy atom. The van der Waals surface area contributed by atoms with Crippen LogP contribution in [0.15, 0.2) is 24.3 Å². The molecule has 0 aliphatic rings. The molecule has 4 heteroatoms. The smallest absolute Gasteiger partial charge is 0.388 e. The molecular formula is C13H17F3O. The summed E-state index contributed by atoms with van der Waals surface area (Å²) >= 11 is 0. The van der Waals surface area contributed by atoms with Gasteiger partial charge in [0, 0.05) is 0 Å². The van der Waals surface area contributed by atoms with E-state index in [4.69, 9.17) is 0 Å². The van der Waals surface area contributed by atoms with Crippen molar-refractivity contribution in [2.24, 2.45) is 5.41 Å². The molecule has 0 amide bonds. The molecule has 0 spiro atoms. The molecule has 1 unspecified atom stereocenters. The van der Waals surface area contributed by atoms with Crippen LogP contribution in [0.2, 0.25) is 0 Å². The van der Waals surface area contributed by atoms with E-state index in [0.717, 1.165) is 12.1 Å². The minimum Gasteiger partial charge on any atom is -0.388 e. The van der Waals surface area contributed by atoms with Crippen LogP contribution in [0.5, 0.6) is 0 Å². The predicted octanol–water partition coefficient (Wildman–Crippen LogP) is 4.18. The normalized spacial score (nSPS) is 14.8. The van der Waals surface area contributed by atoms with Gasteiger partial charge in [-0.15, -0.1) is 0 Å². The summed E-state index contributed by atoms with van der Waals surface area (Å²) in [6.45, 7) is 5.80. The van der Waals surface area contributed by atoms with Crippen molar-refractivity contribution in [1.29, 1.82) is 0 Å². The molecule has 17 heavy (non-hydrogen) atoms. The highest BCUT2D eigenvalue weighted by Crippen LogP contribution is 2.33. The number of hydrogen-bond donors (Lipinski definition) is 1. The molecule has 0 radical (unpaired) electrons. The molecule has 0 saturated heterocycles. The molecule has 0 heterocycles. The summed E-state index contributed by atoms with van der Waals surface area (Å²) in [6.07, 6.45) is -4.80. The van der Waals surface area contributed by atoms with Gasteiger partial charge in [0.2, 0.25) is 0 Å². The lowest BCUT2D eigenvalue weighted by Crippen LogP contribution is -2.12. The van der Waals surface area contributed by atoms with Crippen molar-refractivity contribution in [3.05, 3.63) is 35.4 Å². The van der Waals surface area contributed by atoms with Crippen LogP contribution >= 0.6 is 0 Å². The highest BCUT2D eigenvalue weighted by atomic mass is 19.4. The monoisotopic (exact) mass is 246 g/mol. The van der Waals surface area contributed by atoms with E-state index in [1.165, 1.54) is 12.1 Å². The summed E-state index contributed by atoms with van der Waals surface area (Å²) in [5.41, 5.74) is -0.536. The Morgan fingerprint density at radius 2 is 1.76 bits per heavy atom. The molecular weight excluding hydrogens is 229 g/mol. The van der Waals surface area contributed by atoms with E-state index in [0.29, 0.717) is 12.0 Å². The molecule has 0 bridgehead atoms. The number of halogens is 3. The van der Waals surface area contributed by atoms with Gasteiger partial charge < -0.3 is 5.11 Å². The second kappa shape index (κ2) is 4.69. The van der Waals surface area contributed by atoms with E-state index in [-0.39, 0.29) is 5.41 Å². The van der Waals surface area contributed by atoms with Crippen molar-refractivity contribution in [3.63, 3.8) is 0 Å². The van der Waals surface area contributed by atoms with E-state index in [1.807, 2.05) is 20.8 Å². The van der Waals surface area contributed by atoms with Gasteiger partial charge in [-0.25, -0.2) is 0 Å². The van der Waals surface area contributed by atoms with Gasteiger partial charge in [-0.05, 0) is 29.5 Å². The summed E-state index contributed by atoms with van der Waals surface area (Å²) in [7, 11) is 0. The quantitative estimate of drug-likeness (QED) is 0.830. The van der Waals surface area contributed by atoms with Crippen molar-refractivity contribution in [2.45, 2.75) is 39.5 Å². The molecule has 1 nitrogen and oxygen atoms in total. The van der Waals surface area contributed by atoms with Crippen LogP contribution < -0.4 is 0 Å². The number of aliphatic hydroxyl groups is 1. The first-order valence-corrected chi connectivity index (χ1v) is 5.45. The maximum Gasteiger partial charge on any atom is 0.416 e. The Morgan fingerprint density at radius 1 is 1.18 bits per heavy atom. The highest BCUT2D eigenvalue weighted by molar-refractivity contribution is 5.27. The lowest BCUT2D eigenvalue weighted by molar-refractivity contribution is -0.137. The summed E-state index contributed by atoms with van der Waals surface area (Å²) in [5.74, 6) is 0. The Balaban J connectivity index is 2.92. The van der Waals surface area contributed by atoms with Gasteiger partial charge in [0.25, 0.3) is 0 Å². The topological polar surface area (TPSA) is 20.2 Å². The third-order valence-corrected chi connectivity index (χ3v) is 2.40. The van der Waals surface area contributed by atoms with Crippen LogP contribution in [-0.2, 0) is 6.18 Å². The van der Waals surface area contributed by atoms with Crippen molar-refractivity contribution in [3.8, 4) is 0 Å². The molecule has 1 aromatic rings. The molecule has 0 saturated carbocycles. The fourth-order valence-electron chi connectivity index (χ4n) is 1.62. The molecule has 1 N–H and O–H groups in total. The van der Waals surface area contributed by atoms with E-state index >= 15 is 0 Å². The maximum absolute atomic E-state index is 12.5. The average Bonchev–Trinajstić information content (AvgIpc) is 2.14. The molecule has 0 aliphatic heterocycles. The zero-order valence-electron chi connectivity index (χ0n) is 10.2. The Kier molecular flexibility index (Phi) is 3.87. The summed E-state index contributed by atoms with van der Waals surface area (Å²) in [6, 6.07) is 4.86. The summed E-state index contributed by atoms with van der Waals surface area (Å²) in [4.78, 5) is 0. The molecule has 1 atom stereocenters. The molecule has 1 rings (SSSR count). The van der Waals surface area contributed by atoms with Gasteiger partial charge in [-0.3, -0.25) is 0 Å². The predicted molar refractivity (Wildman–Crippen MR) is 60.5 cm³/mol. The fourth-order valence-corrected chi connectivity index (χ4v) is 1.62. The van der Waals surface area contributed by atoms with Crippen molar-refractivity contribution >= 4 is 0 Å². The van der Waals surface area contributed by atoms with Gasteiger partial charge >= 0.3 is 6.18 Å². The van der Waals surface area contributed by atoms with E-state index < -0.39 is 17.8 Å². The van der Waals surface area contributed by atoms with Crippen molar-refractivity contribution < 1.29 is 18.3 Å². The second-order valence-electron chi connectivity index (χ2n) is 5.40. The van der Waals surface area contributed by atoms with Gasteiger partial charge in [0.1, 0.15) is 0 Å². The standard InChI is InChI=1S/C13H17F3O/c1-12(2,3)8-11(17)9-5-4-6-10(7-9)13(14,15)16/h4-7,11,17H,8H2,1-3H3. The first-order valence-electron chi connectivity index (χ1n) is 5.45. The maximum atomic E-state index is 12.5. The van der Waals surface area contributed by atoms with Crippen LogP contribution in [0.25, 0.3) is 0 Å². The Labute approximate surface area is 99.3 Å². The van der Waals surface area contributed by atoms with E-state index in [9.17, 15) is 18.3 Å². The molecule has 96 valence electrons.